The second-order valence-corrected chi connectivity index (χ2v) is 7.04. The van der Waals surface area contributed by atoms with Gasteiger partial charge in [-0.2, -0.15) is 0 Å². The number of carbonyl (C=O) groups excluding carboxylic acids is 1. The number of ether oxygens (including phenoxy) is 3. The van der Waals surface area contributed by atoms with Gasteiger partial charge in [-0.1, -0.05) is 31.5 Å². The van der Waals surface area contributed by atoms with Gasteiger partial charge in [0.05, 0.1) is 26.5 Å². The Morgan fingerprint density at radius 3 is 2.46 bits per heavy atom. The predicted octanol–water partition coefficient (Wildman–Crippen LogP) is 5.43. The molecule has 0 aliphatic carbocycles. The second kappa shape index (κ2) is 10.6. The van der Waals surface area contributed by atoms with Crippen LogP contribution in [0.4, 0.5) is 5.69 Å². The molecule has 150 valence electrons. The van der Waals surface area contributed by atoms with Crippen molar-refractivity contribution >= 4 is 29.3 Å². The van der Waals surface area contributed by atoms with Crippen molar-refractivity contribution in [3.05, 3.63) is 53.1 Å². The van der Waals surface area contributed by atoms with Crippen LogP contribution < -0.4 is 19.5 Å². The predicted molar refractivity (Wildman–Crippen MR) is 114 cm³/mol. The number of methoxy groups -OCH3 is 2. The number of amides is 1. The highest BCUT2D eigenvalue weighted by Crippen LogP contribution is 2.29. The van der Waals surface area contributed by atoms with Crippen LogP contribution in [0, 0.1) is 5.92 Å². The summed E-state index contributed by atoms with van der Waals surface area (Å²) >= 11 is 5.98. The van der Waals surface area contributed by atoms with Crippen LogP contribution >= 0.6 is 11.6 Å². The highest BCUT2D eigenvalue weighted by atomic mass is 35.5. The topological polar surface area (TPSA) is 56.8 Å². The summed E-state index contributed by atoms with van der Waals surface area (Å²) in [7, 11) is 3.13. The molecule has 2 aromatic carbocycles. The van der Waals surface area contributed by atoms with Gasteiger partial charge in [0.25, 0.3) is 0 Å². The van der Waals surface area contributed by atoms with Crippen molar-refractivity contribution in [2.75, 3.05) is 26.1 Å². The van der Waals surface area contributed by atoms with Gasteiger partial charge < -0.3 is 19.5 Å². The Morgan fingerprint density at radius 1 is 1.07 bits per heavy atom. The molecule has 0 unspecified atom stereocenters. The third-order valence-electron chi connectivity index (χ3n) is 3.99. The highest BCUT2D eigenvalue weighted by Gasteiger charge is 2.08. The Kier molecular flexibility index (Phi) is 8.20. The highest BCUT2D eigenvalue weighted by molar-refractivity contribution is 6.31. The van der Waals surface area contributed by atoms with Crippen molar-refractivity contribution in [1.82, 2.24) is 0 Å². The molecule has 28 heavy (non-hydrogen) atoms. The molecule has 0 fully saturated rings. The van der Waals surface area contributed by atoms with Gasteiger partial charge in [0, 0.05) is 11.1 Å². The molecule has 1 N–H and O–H groups in total. The van der Waals surface area contributed by atoms with Gasteiger partial charge in [0.2, 0.25) is 5.91 Å². The molecule has 0 saturated heterocycles. The minimum atomic E-state index is -0.295. The van der Waals surface area contributed by atoms with Crippen LogP contribution in [-0.2, 0) is 4.79 Å². The van der Waals surface area contributed by atoms with Crippen molar-refractivity contribution < 1.29 is 19.0 Å². The van der Waals surface area contributed by atoms with E-state index < -0.39 is 0 Å². The number of halogens is 1. The molecule has 0 saturated carbocycles. The van der Waals surface area contributed by atoms with Crippen LogP contribution in [0.5, 0.6) is 17.2 Å². The van der Waals surface area contributed by atoms with Crippen LogP contribution in [0.15, 0.2) is 42.5 Å². The zero-order valence-electron chi connectivity index (χ0n) is 16.6. The number of benzene rings is 2. The molecule has 0 aliphatic rings. The van der Waals surface area contributed by atoms with E-state index in [0.29, 0.717) is 40.5 Å². The van der Waals surface area contributed by atoms with Gasteiger partial charge >= 0.3 is 0 Å². The summed E-state index contributed by atoms with van der Waals surface area (Å²) in [6.07, 6.45) is 4.11. The van der Waals surface area contributed by atoms with E-state index in [4.69, 9.17) is 25.8 Å². The maximum absolute atomic E-state index is 12.2. The quantitative estimate of drug-likeness (QED) is 0.567. The lowest BCUT2D eigenvalue weighted by atomic mass is 10.1. The van der Waals surface area contributed by atoms with E-state index in [2.05, 4.69) is 19.2 Å². The average Bonchev–Trinajstić information content (AvgIpc) is 2.67. The molecule has 0 bridgehead atoms. The molecule has 2 aromatic rings. The van der Waals surface area contributed by atoms with E-state index in [0.717, 1.165) is 12.0 Å². The Balaban J connectivity index is 2.05. The number of nitrogens with one attached hydrogen (secondary N) is 1. The number of rotatable bonds is 9. The first-order valence-electron chi connectivity index (χ1n) is 9.06. The fraction of sp³-hybridized carbons (Fsp3) is 0.318. The van der Waals surface area contributed by atoms with Gasteiger partial charge in [0.1, 0.15) is 5.75 Å². The van der Waals surface area contributed by atoms with Gasteiger partial charge in [-0.3, -0.25) is 4.79 Å². The number of hydrogen-bond acceptors (Lipinski definition) is 4. The van der Waals surface area contributed by atoms with Crippen LogP contribution in [0.25, 0.3) is 6.08 Å². The standard InChI is InChI=1S/C22H26ClNO4/c1-15(2)11-12-28-20-8-5-16(13-21(20)27-4)6-10-22(25)24-18-14-17(23)7-9-19(18)26-3/h5-10,13-15H,11-12H2,1-4H3,(H,24,25). The van der Waals surface area contributed by atoms with Gasteiger partial charge in [-0.05, 0) is 54.3 Å². The first-order chi connectivity index (χ1) is 13.4. The van der Waals surface area contributed by atoms with Crippen molar-refractivity contribution in [3.63, 3.8) is 0 Å². The van der Waals surface area contributed by atoms with Crippen LogP contribution in [0.2, 0.25) is 5.02 Å². The summed E-state index contributed by atoms with van der Waals surface area (Å²) in [4.78, 5) is 12.2. The molecule has 6 heteroatoms. The third-order valence-corrected chi connectivity index (χ3v) is 4.22. The summed E-state index contributed by atoms with van der Waals surface area (Å²) < 4.78 is 16.4. The average molecular weight is 404 g/mol. The molecular weight excluding hydrogens is 378 g/mol. The SMILES string of the molecule is COc1ccc(Cl)cc1NC(=O)C=Cc1ccc(OCCC(C)C)c(OC)c1. The van der Waals surface area contributed by atoms with Crippen molar-refractivity contribution in [1.29, 1.82) is 0 Å². The lowest BCUT2D eigenvalue weighted by molar-refractivity contribution is -0.111. The largest absolute Gasteiger partial charge is 0.495 e. The minimum absolute atomic E-state index is 0.295. The molecular formula is C22H26ClNO4. The van der Waals surface area contributed by atoms with Gasteiger partial charge in [-0.25, -0.2) is 0 Å². The van der Waals surface area contributed by atoms with E-state index in [1.165, 1.54) is 13.2 Å². The Hall–Kier alpha value is -2.66. The normalized spacial score (nSPS) is 10.9. The first kappa shape index (κ1) is 21.6. The molecule has 5 nitrogen and oxygen atoms in total. The summed E-state index contributed by atoms with van der Waals surface area (Å²) in [5, 5.41) is 3.27. The molecule has 2 rings (SSSR count). The fourth-order valence-corrected chi connectivity index (χ4v) is 2.61. The summed E-state index contributed by atoms with van der Waals surface area (Å²) in [6.45, 7) is 4.93. The lowest BCUT2D eigenvalue weighted by Gasteiger charge is -2.12. The smallest absolute Gasteiger partial charge is 0.248 e. The maximum Gasteiger partial charge on any atom is 0.248 e. The van der Waals surface area contributed by atoms with Crippen LogP contribution in [-0.4, -0.2) is 26.7 Å². The third kappa shape index (κ3) is 6.50. The second-order valence-electron chi connectivity index (χ2n) is 6.61. The zero-order valence-corrected chi connectivity index (χ0v) is 17.4. The Morgan fingerprint density at radius 2 is 1.79 bits per heavy atom. The number of hydrogen-bond donors (Lipinski definition) is 1. The van der Waals surface area contributed by atoms with Crippen molar-refractivity contribution in [2.24, 2.45) is 5.92 Å². The monoisotopic (exact) mass is 403 g/mol. The molecule has 0 radical (unpaired) electrons. The first-order valence-corrected chi connectivity index (χ1v) is 9.44. The molecule has 0 aliphatic heterocycles. The van der Waals surface area contributed by atoms with Gasteiger partial charge in [0.15, 0.2) is 11.5 Å². The van der Waals surface area contributed by atoms with E-state index in [1.54, 1.807) is 31.4 Å². The van der Waals surface area contributed by atoms with Crippen LogP contribution in [0.1, 0.15) is 25.8 Å². The summed E-state index contributed by atoms with van der Waals surface area (Å²) in [6, 6.07) is 10.6. The fourth-order valence-electron chi connectivity index (χ4n) is 2.44. The molecule has 0 spiro atoms. The van der Waals surface area contributed by atoms with E-state index in [1.807, 2.05) is 18.2 Å². The van der Waals surface area contributed by atoms with Crippen molar-refractivity contribution in [3.8, 4) is 17.2 Å². The number of anilines is 1. The Labute approximate surface area is 171 Å². The molecule has 1 amide bonds. The van der Waals surface area contributed by atoms with E-state index in [-0.39, 0.29) is 5.91 Å². The molecule has 0 heterocycles. The van der Waals surface area contributed by atoms with Crippen molar-refractivity contribution in [2.45, 2.75) is 20.3 Å². The maximum atomic E-state index is 12.2. The summed E-state index contributed by atoms with van der Waals surface area (Å²) in [5.74, 6) is 2.13. The summed E-state index contributed by atoms with van der Waals surface area (Å²) in [5.41, 5.74) is 1.33. The molecule has 0 atom stereocenters. The van der Waals surface area contributed by atoms with E-state index >= 15 is 0 Å². The van der Waals surface area contributed by atoms with E-state index in [9.17, 15) is 4.79 Å². The number of carbonyl (C=O) groups is 1. The zero-order chi connectivity index (χ0) is 20.5. The molecule has 0 aromatic heterocycles. The minimum Gasteiger partial charge on any atom is -0.495 e. The van der Waals surface area contributed by atoms with Crippen LogP contribution in [0.3, 0.4) is 0 Å². The van der Waals surface area contributed by atoms with Gasteiger partial charge in [-0.15, -0.1) is 0 Å². The lowest BCUT2D eigenvalue weighted by Crippen LogP contribution is -2.08. The Bertz CT molecular complexity index is 833.